The first-order chi connectivity index (χ1) is 17.1. The van der Waals surface area contributed by atoms with Gasteiger partial charge in [0.15, 0.2) is 0 Å². The van der Waals surface area contributed by atoms with Gasteiger partial charge < -0.3 is 20.1 Å². The molecule has 3 amide bonds. The lowest BCUT2D eigenvalue weighted by Gasteiger charge is -2.54. The van der Waals surface area contributed by atoms with Crippen molar-refractivity contribution in [2.45, 2.75) is 97.8 Å². The first-order valence-corrected chi connectivity index (χ1v) is 13.8. The fourth-order valence-corrected chi connectivity index (χ4v) is 6.70. The van der Waals surface area contributed by atoms with Crippen molar-refractivity contribution in [3.8, 4) is 0 Å². The van der Waals surface area contributed by atoms with E-state index in [1.165, 1.54) is 0 Å². The monoisotopic (exact) mass is 528 g/mol. The number of piperidine rings is 1. The van der Waals surface area contributed by atoms with Crippen LogP contribution < -0.4 is 5.32 Å². The SMILES string of the molecule is CC(C)N(C(=O)[C@H]1C[C@H](CC(=O)NC(C)(C)C)C(=O)N2CCc3c([nH]c4ccc(Cl)cc34)[C@]12C)C(C)C. The van der Waals surface area contributed by atoms with E-state index in [-0.39, 0.29) is 36.2 Å². The fraction of sp³-hybridized carbons (Fsp3) is 0.621. The van der Waals surface area contributed by atoms with E-state index in [0.29, 0.717) is 24.4 Å². The molecule has 1 saturated heterocycles. The molecule has 0 unspecified atom stereocenters. The minimum atomic E-state index is -0.855. The van der Waals surface area contributed by atoms with Crippen molar-refractivity contribution in [2.75, 3.05) is 6.54 Å². The molecular weight excluding hydrogens is 488 g/mol. The molecule has 2 aliphatic rings. The summed E-state index contributed by atoms with van der Waals surface area (Å²) in [6.07, 6.45) is 1.07. The first kappa shape index (κ1) is 27.5. The standard InChI is InChI=1S/C29H41ClN4O3/c1-16(2)34(17(3)4)27(37)22-13-18(14-24(35)32-28(5,6)7)26(36)33-12-11-20-21-15-19(30)9-10-23(21)31-25(20)29(22,33)8/h9-10,15-18,22,31H,11-14H2,1-8H3,(H,32,35)/t18-,22-,29+/m1/s1. The van der Waals surface area contributed by atoms with Gasteiger partial charge in [0.25, 0.3) is 0 Å². The van der Waals surface area contributed by atoms with Crippen LogP contribution in [0.25, 0.3) is 10.9 Å². The normalized spacial score (nSPS) is 23.9. The third kappa shape index (κ3) is 4.87. The Balaban J connectivity index is 1.83. The Morgan fingerprint density at radius 2 is 1.86 bits per heavy atom. The van der Waals surface area contributed by atoms with Gasteiger partial charge in [-0.1, -0.05) is 11.6 Å². The molecule has 202 valence electrons. The zero-order valence-corrected chi connectivity index (χ0v) is 24.1. The number of hydrogen-bond acceptors (Lipinski definition) is 3. The van der Waals surface area contributed by atoms with Gasteiger partial charge in [-0.05, 0) is 92.0 Å². The summed E-state index contributed by atoms with van der Waals surface area (Å²) in [5.74, 6) is -1.24. The van der Waals surface area contributed by atoms with Crippen LogP contribution in [0, 0.1) is 11.8 Å². The van der Waals surface area contributed by atoms with Gasteiger partial charge in [-0.15, -0.1) is 0 Å². The highest BCUT2D eigenvalue weighted by molar-refractivity contribution is 6.31. The van der Waals surface area contributed by atoms with E-state index in [9.17, 15) is 14.4 Å². The van der Waals surface area contributed by atoms with Gasteiger partial charge in [0, 0.05) is 58.1 Å². The average Bonchev–Trinajstić information content (AvgIpc) is 3.13. The molecule has 4 rings (SSSR count). The van der Waals surface area contributed by atoms with Crippen LogP contribution in [0.2, 0.25) is 5.02 Å². The second kappa shape index (κ2) is 9.64. The number of nitrogens with zero attached hydrogens (tertiary/aromatic N) is 2. The number of carbonyl (C=O) groups excluding carboxylic acids is 3. The maximum Gasteiger partial charge on any atom is 0.228 e. The predicted molar refractivity (Wildman–Crippen MR) is 147 cm³/mol. The Labute approximate surface area is 225 Å². The van der Waals surface area contributed by atoms with E-state index >= 15 is 0 Å². The second-order valence-corrected chi connectivity index (χ2v) is 12.9. The molecule has 0 radical (unpaired) electrons. The minimum Gasteiger partial charge on any atom is -0.356 e. The predicted octanol–water partition coefficient (Wildman–Crippen LogP) is 5.01. The molecular formula is C29H41ClN4O3. The molecule has 2 aliphatic heterocycles. The first-order valence-electron chi connectivity index (χ1n) is 13.4. The Bertz CT molecular complexity index is 1220. The van der Waals surface area contributed by atoms with Crippen LogP contribution >= 0.6 is 11.6 Å². The van der Waals surface area contributed by atoms with Crippen LogP contribution in [0.4, 0.5) is 0 Å². The Morgan fingerprint density at radius 3 is 2.46 bits per heavy atom. The van der Waals surface area contributed by atoms with Crippen LogP contribution in [0.15, 0.2) is 18.2 Å². The van der Waals surface area contributed by atoms with Crippen molar-refractivity contribution in [3.05, 3.63) is 34.5 Å². The number of amides is 3. The maximum absolute atomic E-state index is 14.3. The number of aromatic amines is 1. The molecule has 0 spiro atoms. The zero-order chi connectivity index (χ0) is 27.4. The fourth-order valence-electron chi connectivity index (χ4n) is 6.53. The highest BCUT2D eigenvalue weighted by Gasteiger charge is 2.57. The summed E-state index contributed by atoms with van der Waals surface area (Å²) in [5, 5.41) is 4.68. The Kier molecular flexibility index (Phi) is 7.17. The summed E-state index contributed by atoms with van der Waals surface area (Å²) in [4.78, 5) is 48.5. The molecule has 2 N–H and O–H groups in total. The molecule has 0 saturated carbocycles. The number of benzene rings is 1. The number of aromatic nitrogens is 1. The molecule has 3 atom stereocenters. The van der Waals surface area contributed by atoms with Gasteiger partial charge in [-0.2, -0.15) is 0 Å². The number of hydrogen-bond donors (Lipinski definition) is 2. The summed E-state index contributed by atoms with van der Waals surface area (Å²) < 4.78 is 0. The smallest absolute Gasteiger partial charge is 0.228 e. The van der Waals surface area contributed by atoms with Gasteiger partial charge >= 0.3 is 0 Å². The summed E-state index contributed by atoms with van der Waals surface area (Å²) in [5.41, 5.74) is 1.73. The third-order valence-corrected chi connectivity index (χ3v) is 8.18. The van der Waals surface area contributed by atoms with E-state index in [1.807, 2.05) is 83.4 Å². The molecule has 0 aliphatic carbocycles. The number of fused-ring (bicyclic) bond motifs is 5. The van der Waals surface area contributed by atoms with E-state index in [0.717, 1.165) is 22.2 Å². The number of halogens is 1. The van der Waals surface area contributed by atoms with Crippen LogP contribution in [0.5, 0.6) is 0 Å². The third-order valence-electron chi connectivity index (χ3n) is 7.95. The maximum atomic E-state index is 14.3. The topological polar surface area (TPSA) is 85.5 Å². The van der Waals surface area contributed by atoms with Crippen molar-refractivity contribution in [1.29, 1.82) is 0 Å². The number of carbonyl (C=O) groups is 3. The molecule has 2 aromatic rings. The van der Waals surface area contributed by atoms with E-state index in [4.69, 9.17) is 11.6 Å². The second-order valence-electron chi connectivity index (χ2n) is 12.5. The summed E-state index contributed by atoms with van der Waals surface area (Å²) >= 11 is 6.34. The lowest BCUT2D eigenvalue weighted by Crippen LogP contribution is -2.65. The summed E-state index contributed by atoms with van der Waals surface area (Å²) in [6, 6.07) is 5.79. The average molecular weight is 529 g/mol. The van der Waals surface area contributed by atoms with Crippen molar-refractivity contribution >= 4 is 40.2 Å². The zero-order valence-electron chi connectivity index (χ0n) is 23.4. The molecule has 1 aromatic heterocycles. The van der Waals surface area contributed by atoms with Crippen molar-refractivity contribution in [1.82, 2.24) is 20.1 Å². The van der Waals surface area contributed by atoms with Crippen molar-refractivity contribution in [3.63, 3.8) is 0 Å². The lowest BCUT2D eigenvalue weighted by molar-refractivity contribution is -0.166. The summed E-state index contributed by atoms with van der Waals surface area (Å²) in [6.45, 7) is 16.4. The van der Waals surface area contributed by atoms with E-state index < -0.39 is 22.9 Å². The number of H-pyrrole nitrogens is 1. The van der Waals surface area contributed by atoms with E-state index in [2.05, 4.69) is 10.3 Å². The van der Waals surface area contributed by atoms with Gasteiger partial charge in [0.2, 0.25) is 17.7 Å². The lowest BCUT2D eigenvalue weighted by atomic mass is 9.67. The highest BCUT2D eigenvalue weighted by atomic mass is 35.5. The van der Waals surface area contributed by atoms with Crippen molar-refractivity contribution in [2.24, 2.45) is 11.8 Å². The van der Waals surface area contributed by atoms with Crippen LogP contribution in [0.1, 0.15) is 79.5 Å². The molecule has 3 heterocycles. The molecule has 1 fully saturated rings. The molecule has 0 bridgehead atoms. The summed E-state index contributed by atoms with van der Waals surface area (Å²) in [7, 11) is 0. The quantitative estimate of drug-likeness (QED) is 0.572. The van der Waals surface area contributed by atoms with Gasteiger partial charge in [0.1, 0.15) is 0 Å². The Morgan fingerprint density at radius 1 is 1.22 bits per heavy atom. The van der Waals surface area contributed by atoms with E-state index in [1.54, 1.807) is 0 Å². The highest BCUT2D eigenvalue weighted by Crippen LogP contribution is 2.50. The van der Waals surface area contributed by atoms with Gasteiger partial charge in [-0.25, -0.2) is 0 Å². The van der Waals surface area contributed by atoms with Crippen molar-refractivity contribution < 1.29 is 14.4 Å². The molecule has 1 aromatic carbocycles. The minimum absolute atomic E-state index is 0.00870. The molecule has 7 nitrogen and oxygen atoms in total. The Hall–Kier alpha value is -2.54. The number of nitrogens with one attached hydrogen (secondary N) is 2. The van der Waals surface area contributed by atoms with Gasteiger partial charge in [-0.3, -0.25) is 14.4 Å². The van der Waals surface area contributed by atoms with Crippen LogP contribution in [-0.2, 0) is 26.3 Å². The van der Waals surface area contributed by atoms with Gasteiger partial charge in [0.05, 0.1) is 11.5 Å². The largest absolute Gasteiger partial charge is 0.356 e. The molecule has 37 heavy (non-hydrogen) atoms. The van der Waals surface area contributed by atoms with Crippen LogP contribution in [-0.4, -0.2) is 56.7 Å². The number of rotatable bonds is 5. The van der Waals surface area contributed by atoms with Crippen LogP contribution in [0.3, 0.4) is 0 Å². The molecule has 8 heteroatoms.